The molecule has 19 heavy (non-hydrogen) atoms. The number of morpholine rings is 1. The molecule has 0 bridgehead atoms. The van der Waals surface area contributed by atoms with Gasteiger partial charge in [0.15, 0.2) is 6.10 Å². The van der Waals surface area contributed by atoms with E-state index in [4.69, 9.17) is 10.00 Å². The molecule has 0 radical (unpaired) electrons. The minimum absolute atomic E-state index is 0.0295. The first-order valence-corrected chi connectivity index (χ1v) is 5.87. The van der Waals surface area contributed by atoms with Gasteiger partial charge in [-0.2, -0.15) is 5.26 Å². The number of nitro groups is 1. The third kappa shape index (κ3) is 2.92. The van der Waals surface area contributed by atoms with Gasteiger partial charge in [0.2, 0.25) is 0 Å². The maximum Gasteiger partial charge on any atom is 0.273 e. The zero-order valence-electron chi connectivity index (χ0n) is 10.5. The van der Waals surface area contributed by atoms with Crippen LogP contribution in [-0.4, -0.2) is 37.8 Å². The first-order chi connectivity index (χ1) is 9.13. The summed E-state index contributed by atoms with van der Waals surface area (Å²) in [6.07, 6.45) is -0.494. The van der Waals surface area contributed by atoms with Crippen molar-refractivity contribution in [3.05, 3.63) is 28.3 Å². The van der Waals surface area contributed by atoms with Crippen LogP contribution in [0, 0.1) is 21.4 Å². The Morgan fingerprint density at radius 2 is 2.37 bits per heavy atom. The molecule has 1 N–H and O–H groups in total. The van der Waals surface area contributed by atoms with Crippen LogP contribution in [0.15, 0.2) is 18.2 Å². The molecule has 1 aromatic rings. The van der Waals surface area contributed by atoms with Crippen molar-refractivity contribution in [2.75, 3.05) is 37.0 Å². The highest BCUT2D eigenvalue weighted by Gasteiger charge is 2.22. The first kappa shape index (κ1) is 13.1. The summed E-state index contributed by atoms with van der Waals surface area (Å²) in [5.41, 5.74) is 1.42. The predicted octanol–water partition coefficient (Wildman–Crippen LogP) is 1.37. The van der Waals surface area contributed by atoms with Crippen molar-refractivity contribution in [2.24, 2.45) is 0 Å². The Bertz CT molecular complexity index is 526. The zero-order valence-corrected chi connectivity index (χ0v) is 10.5. The van der Waals surface area contributed by atoms with Crippen molar-refractivity contribution in [3.8, 4) is 6.07 Å². The molecule has 7 heteroatoms. The Kier molecular flexibility index (Phi) is 3.82. The molecule has 1 aromatic carbocycles. The number of anilines is 2. The summed E-state index contributed by atoms with van der Waals surface area (Å²) in [6.45, 7) is 1.47. The fourth-order valence-electron chi connectivity index (χ4n) is 1.99. The highest BCUT2D eigenvalue weighted by Crippen LogP contribution is 2.27. The molecule has 1 saturated heterocycles. The van der Waals surface area contributed by atoms with Crippen molar-refractivity contribution >= 4 is 17.1 Å². The normalized spacial score (nSPS) is 18.7. The molecule has 0 spiro atoms. The fraction of sp³-hybridized carbons (Fsp3) is 0.417. The lowest BCUT2D eigenvalue weighted by molar-refractivity contribution is -0.384. The second kappa shape index (κ2) is 5.54. The molecule has 0 saturated carbocycles. The van der Waals surface area contributed by atoms with Gasteiger partial charge in [-0.1, -0.05) is 0 Å². The van der Waals surface area contributed by atoms with E-state index in [0.29, 0.717) is 25.4 Å². The molecule has 0 aromatic heterocycles. The summed E-state index contributed by atoms with van der Waals surface area (Å²) in [6, 6.07) is 6.87. The van der Waals surface area contributed by atoms with Crippen LogP contribution in [0.5, 0.6) is 0 Å². The summed E-state index contributed by atoms with van der Waals surface area (Å²) in [7, 11) is 1.71. The Hall–Kier alpha value is -2.33. The van der Waals surface area contributed by atoms with E-state index in [1.807, 2.05) is 11.0 Å². The Labute approximate surface area is 110 Å². The molecule has 2 rings (SSSR count). The van der Waals surface area contributed by atoms with Crippen molar-refractivity contribution in [1.82, 2.24) is 0 Å². The monoisotopic (exact) mass is 262 g/mol. The van der Waals surface area contributed by atoms with E-state index >= 15 is 0 Å². The van der Waals surface area contributed by atoms with Crippen molar-refractivity contribution in [3.63, 3.8) is 0 Å². The highest BCUT2D eigenvalue weighted by molar-refractivity contribution is 5.64. The van der Waals surface area contributed by atoms with Gasteiger partial charge >= 0.3 is 0 Å². The first-order valence-electron chi connectivity index (χ1n) is 5.87. The quantitative estimate of drug-likeness (QED) is 0.653. The average molecular weight is 262 g/mol. The van der Waals surface area contributed by atoms with Gasteiger partial charge in [0.05, 0.1) is 24.1 Å². The smallest absolute Gasteiger partial charge is 0.273 e. The number of ether oxygens (including phenoxy) is 1. The van der Waals surface area contributed by atoms with Crippen LogP contribution >= 0.6 is 0 Å². The lowest BCUT2D eigenvalue weighted by Gasteiger charge is -2.31. The van der Waals surface area contributed by atoms with Gasteiger partial charge in [-0.3, -0.25) is 10.1 Å². The van der Waals surface area contributed by atoms with Crippen LogP contribution in [0.3, 0.4) is 0 Å². The highest BCUT2D eigenvalue weighted by atomic mass is 16.6. The minimum atomic E-state index is -0.494. The second-order valence-electron chi connectivity index (χ2n) is 4.18. The van der Waals surface area contributed by atoms with Gasteiger partial charge < -0.3 is 15.0 Å². The molecule has 1 atom stereocenters. The number of rotatable bonds is 3. The molecule has 1 unspecified atom stereocenters. The number of benzene rings is 1. The third-order valence-electron chi connectivity index (χ3n) is 2.98. The SMILES string of the molecule is CNc1cc(N2CCOC(C#N)C2)cc([N+](=O)[O-])c1. The van der Waals surface area contributed by atoms with Gasteiger partial charge in [0.25, 0.3) is 5.69 Å². The number of hydrogen-bond donors (Lipinski definition) is 1. The number of nitrogens with zero attached hydrogens (tertiary/aromatic N) is 3. The topological polar surface area (TPSA) is 91.4 Å². The van der Waals surface area contributed by atoms with Gasteiger partial charge in [0.1, 0.15) is 0 Å². The summed E-state index contributed by atoms with van der Waals surface area (Å²) >= 11 is 0. The van der Waals surface area contributed by atoms with Crippen molar-refractivity contribution in [1.29, 1.82) is 5.26 Å². The van der Waals surface area contributed by atoms with Crippen LogP contribution in [0.4, 0.5) is 17.1 Å². The van der Waals surface area contributed by atoms with Crippen LogP contribution in [0.1, 0.15) is 0 Å². The predicted molar refractivity (Wildman–Crippen MR) is 70.2 cm³/mol. The largest absolute Gasteiger partial charge is 0.388 e. The average Bonchev–Trinajstić information content (AvgIpc) is 2.46. The van der Waals surface area contributed by atoms with Crippen molar-refractivity contribution in [2.45, 2.75) is 6.10 Å². The second-order valence-corrected chi connectivity index (χ2v) is 4.18. The third-order valence-corrected chi connectivity index (χ3v) is 2.98. The maximum atomic E-state index is 10.9. The maximum absolute atomic E-state index is 10.9. The van der Waals surface area contributed by atoms with Gasteiger partial charge in [-0.25, -0.2) is 0 Å². The Morgan fingerprint density at radius 1 is 1.58 bits per heavy atom. The van der Waals surface area contributed by atoms with Crippen LogP contribution < -0.4 is 10.2 Å². The molecular weight excluding hydrogens is 248 g/mol. The van der Waals surface area contributed by atoms with Gasteiger partial charge in [-0.05, 0) is 6.07 Å². The van der Waals surface area contributed by atoms with E-state index in [0.717, 1.165) is 5.69 Å². The lowest BCUT2D eigenvalue weighted by atomic mass is 10.2. The molecular formula is C12H14N4O3. The molecule has 1 fully saturated rings. The van der Waals surface area contributed by atoms with E-state index < -0.39 is 11.0 Å². The standard InChI is InChI=1S/C12H14N4O3/c1-14-9-4-10(6-11(5-9)16(17)18)15-2-3-19-12(7-13)8-15/h4-6,12,14H,2-3,8H2,1H3. The number of nitrogens with one attached hydrogen (secondary N) is 1. The van der Waals surface area contributed by atoms with E-state index in [1.165, 1.54) is 12.1 Å². The number of nitro benzene ring substituents is 1. The summed E-state index contributed by atoms with van der Waals surface area (Å²) in [5.74, 6) is 0. The van der Waals surface area contributed by atoms with Gasteiger partial charge in [0, 0.05) is 37.1 Å². The Morgan fingerprint density at radius 3 is 3.00 bits per heavy atom. The molecule has 0 amide bonds. The molecule has 100 valence electrons. The Balaban J connectivity index is 2.30. The fourth-order valence-corrected chi connectivity index (χ4v) is 1.99. The molecule has 7 nitrogen and oxygen atoms in total. The molecule has 1 aliphatic rings. The van der Waals surface area contributed by atoms with E-state index in [9.17, 15) is 10.1 Å². The van der Waals surface area contributed by atoms with Gasteiger partial charge in [-0.15, -0.1) is 0 Å². The number of hydrogen-bond acceptors (Lipinski definition) is 6. The van der Waals surface area contributed by atoms with Crippen LogP contribution in [0.25, 0.3) is 0 Å². The summed E-state index contributed by atoms with van der Waals surface area (Å²) in [5, 5.41) is 22.7. The van der Waals surface area contributed by atoms with E-state index in [2.05, 4.69) is 11.4 Å². The summed E-state index contributed by atoms with van der Waals surface area (Å²) < 4.78 is 5.26. The minimum Gasteiger partial charge on any atom is -0.388 e. The van der Waals surface area contributed by atoms with Crippen molar-refractivity contribution < 1.29 is 9.66 Å². The molecule has 1 heterocycles. The number of nitriles is 1. The van der Waals surface area contributed by atoms with Crippen LogP contribution in [0.2, 0.25) is 0 Å². The lowest BCUT2D eigenvalue weighted by Crippen LogP contribution is -2.41. The van der Waals surface area contributed by atoms with E-state index in [-0.39, 0.29) is 5.69 Å². The van der Waals surface area contributed by atoms with E-state index in [1.54, 1.807) is 7.05 Å². The molecule has 1 aliphatic heterocycles. The summed E-state index contributed by atoms with van der Waals surface area (Å²) in [4.78, 5) is 12.4. The van der Waals surface area contributed by atoms with Crippen LogP contribution in [-0.2, 0) is 4.74 Å². The zero-order chi connectivity index (χ0) is 13.8. The number of non-ortho nitro benzene ring substituents is 1. The molecule has 0 aliphatic carbocycles.